The average Bonchev–Trinajstić information content (AvgIpc) is 2.44. The lowest BCUT2D eigenvalue weighted by Gasteiger charge is -2.34. The van der Waals surface area contributed by atoms with Crippen molar-refractivity contribution < 1.29 is 9.90 Å². The predicted octanol–water partition coefficient (Wildman–Crippen LogP) is 1.34. The molecular formula is C12H21NO2. The summed E-state index contributed by atoms with van der Waals surface area (Å²) in [5.41, 5.74) is 0. The van der Waals surface area contributed by atoms with Crippen LogP contribution in [0.3, 0.4) is 0 Å². The molecule has 2 fully saturated rings. The van der Waals surface area contributed by atoms with Crippen LogP contribution in [0.1, 0.15) is 44.9 Å². The third-order valence-corrected chi connectivity index (χ3v) is 3.71. The van der Waals surface area contributed by atoms with E-state index in [1.165, 1.54) is 12.8 Å². The molecule has 3 heteroatoms. The summed E-state index contributed by atoms with van der Waals surface area (Å²) in [4.78, 5) is 14.2. The third-order valence-electron chi connectivity index (χ3n) is 3.71. The molecule has 0 spiro atoms. The van der Waals surface area contributed by atoms with Gasteiger partial charge in [-0.3, -0.25) is 9.69 Å². The Morgan fingerprint density at radius 1 is 1.07 bits per heavy atom. The van der Waals surface area contributed by atoms with Gasteiger partial charge >= 0.3 is 0 Å². The maximum Gasteiger partial charge on any atom is 0.149 e. The van der Waals surface area contributed by atoms with Crippen molar-refractivity contribution >= 4 is 5.78 Å². The monoisotopic (exact) mass is 211 g/mol. The summed E-state index contributed by atoms with van der Waals surface area (Å²) < 4.78 is 0. The molecule has 86 valence electrons. The molecule has 15 heavy (non-hydrogen) atoms. The van der Waals surface area contributed by atoms with Crippen LogP contribution in [0.2, 0.25) is 0 Å². The fourth-order valence-electron chi connectivity index (χ4n) is 2.73. The van der Waals surface area contributed by atoms with Gasteiger partial charge < -0.3 is 5.11 Å². The van der Waals surface area contributed by atoms with Crippen molar-refractivity contribution in [3.8, 4) is 0 Å². The Balaban J connectivity index is 1.92. The maximum atomic E-state index is 11.9. The molecule has 0 radical (unpaired) electrons. The summed E-state index contributed by atoms with van der Waals surface area (Å²) >= 11 is 0. The summed E-state index contributed by atoms with van der Waals surface area (Å²) in [6, 6.07) is 0.167. The van der Waals surface area contributed by atoms with Crippen molar-refractivity contribution in [3.63, 3.8) is 0 Å². The second-order valence-electron chi connectivity index (χ2n) is 4.85. The molecule has 1 saturated carbocycles. The van der Waals surface area contributed by atoms with Crippen LogP contribution >= 0.6 is 0 Å². The van der Waals surface area contributed by atoms with Gasteiger partial charge in [-0.25, -0.2) is 0 Å². The third kappa shape index (κ3) is 2.79. The van der Waals surface area contributed by atoms with Gasteiger partial charge in [0.15, 0.2) is 0 Å². The van der Waals surface area contributed by atoms with Gasteiger partial charge in [-0.05, 0) is 25.7 Å². The average molecular weight is 211 g/mol. The molecule has 2 aliphatic rings. The quantitative estimate of drug-likeness (QED) is 0.665. The lowest BCUT2D eigenvalue weighted by atomic mass is 10.0. The number of aliphatic hydroxyl groups is 1. The van der Waals surface area contributed by atoms with E-state index in [9.17, 15) is 9.90 Å². The number of Topliss-reactive ketones (excluding diaryl/α,β-unsaturated/α-hetero) is 1. The zero-order valence-electron chi connectivity index (χ0n) is 9.32. The largest absolute Gasteiger partial charge is 0.393 e. The van der Waals surface area contributed by atoms with Crippen LogP contribution < -0.4 is 0 Å². The van der Waals surface area contributed by atoms with Gasteiger partial charge in [-0.15, -0.1) is 0 Å². The number of carbonyl (C=O) groups is 1. The lowest BCUT2D eigenvalue weighted by molar-refractivity contribution is -0.125. The Labute approximate surface area is 91.5 Å². The van der Waals surface area contributed by atoms with Crippen molar-refractivity contribution in [2.24, 2.45) is 0 Å². The standard InChI is InChI=1S/C12H21NO2/c14-10-6-8-13(9-7-10)11-4-2-1-3-5-12(11)15/h10-11,14H,1-9H2. The molecule has 3 nitrogen and oxygen atoms in total. The molecule has 1 aliphatic heterocycles. The highest BCUT2D eigenvalue weighted by Gasteiger charge is 2.29. The van der Waals surface area contributed by atoms with Crippen LogP contribution in [0.5, 0.6) is 0 Å². The van der Waals surface area contributed by atoms with E-state index in [0.717, 1.165) is 45.2 Å². The Hall–Kier alpha value is -0.410. The van der Waals surface area contributed by atoms with E-state index in [1.807, 2.05) is 0 Å². The Kier molecular flexibility index (Phi) is 3.76. The van der Waals surface area contributed by atoms with Crippen molar-refractivity contribution in [1.82, 2.24) is 4.90 Å². The number of piperidine rings is 1. The molecule has 0 amide bonds. The highest BCUT2D eigenvalue weighted by molar-refractivity contribution is 5.84. The number of rotatable bonds is 1. The zero-order chi connectivity index (χ0) is 10.7. The number of likely N-dealkylation sites (tertiary alicyclic amines) is 1. The van der Waals surface area contributed by atoms with E-state index < -0.39 is 0 Å². The molecule has 1 atom stereocenters. The number of ketones is 1. The molecule has 1 saturated heterocycles. The number of carbonyl (C=O) groups excluding carboxylic acids is 1. The summed E-state index contributed by atoms with van der Waals surface area (Å²) in [5, 5.41) is 9.44. The minimum atomic E-state index is -0.137. The fraction of sp³-hybridized carbons (Fsp3) is 0.917. The molecule has 0 aromatic carbocycles. The van der Waals surface area contributed by atoms with E-state index in [4.69, 9.17) is 0 Å². The smallest absolute Gasteiger partial charge is 0.149 e. The van der Waals surface area contributed by atoms with E-state index in [0.29, 0.717) is 5.78 Å². The van der Waals surface area contributed by atoms with Crippen LogP contribution in [0, 0.1) is 0 Å². The van der Waals surface area contributed by atoms with Gasteiger partial charge in [0, 0.05) is 19.5 Å². The van der Waals surface area contributed by atoms with E-state index in [1.54, 1.807) is 0 Å². The Morgan fingerprint density at radius 2 is 1.80 bits per heavy atom. The van der Waals surface area contributed by atoms with Crippen molar-refractivity contribution in [2.45, 2.75) is 57.1 Å². The minimum Gasteiger partial charge on any atom is -0.393 e. The van der Waals surface area contributed by atoms with Crippen LogP contribution in [0.25, 0.3) is 0 Å². The molecule has 1 N–H and O–H groups in total. The second kappa shape index (κ2) is 5.08. The topological polar surface area (TPSA) is 40.5 Å². The Bertz CT molecular complexity index is 222. The van der Waals surface area contributed by atoms with Gasteiger partial charge in [-0.2, -0.15) is 0 Å². The summed E-state index contributed by atoms with van der Waals surface area (Å²) in [5.74, 6) is 0.434. The van der Waals surface area contributed by atoms with Crippen LogP contribution in [-0.4, -0.2) is 41.0 Å². The molecule has 0 aromatic heterocycles. The van der Waals surface area contributed by atoms with E-state index in [-0.39, 0.29) is 12.1 Å². The van der Waals surface area contributed by atoms with Gasteiger partial charge in [0.05, 0.1) is 12.1 Å². The van der Waals surface area contributed by atoms with Crippen molar-refractivity contribution in [1.29, 1.82) is 0 Å². The lowest BCUT2D eigenvalue weighted by Crippen LogP contribution is -2.46. The number of hydrogen-bond acceptors (Lipinski definition) is 3. The minimum absolute atomic E-state index is 0.137. The SMILES string of the molecule is O=C1CCCCCC1N1CCC(O)CC1. The molecule has 0 bridgehead atoms. The molecule has 1 unspecified atom stereocenters. The van der Waals surface area contributed by atoms with Gasteiger partial charge in [0.2, 0.25) is 0 Å². The summed E-state index contributed by atoms with van der Waals surface area (Å²) in [6.45, 7) is 1.80. The number of hydrogen-bond donors (Lipinski definition) is 1. The first-order chi connectivity index (χ1) is 7.27. The first-order valence-electron chi connectivity index (χ1n) is 6.22. The Morgan fingerprint density at radius 3 is 2.53 bits per heavy atom. The molecule has 2 rings (SSSR count). The van der Waals surface area contributed by atoms with Crippen molar-refractivity contribution in [2.75, 3.05) is 13.1 Å². The highest BCUT2D eigenvalue weighted by Crippen LogP contribution is 2.22. The van der Waals surface area contributed by atoms with Crippen LogP contribution in [0.4, 0.5) is 0 Å². The normalized spacial score (nSPS) is 31.5. The predicted molar refractivity (Wildman–Crippen MR) is 58.7 cm³/mol. The first kappa shape index (κ1) is 11.1. The molecule has 1 aliphatic carbocycles. The van der Waals surface area contributed by atoms with Crippen molar-refractivity contribution in [3.05, 3.63) is 0 Å². The van der Waals surface area contributed by atoms with E-state index in [2.05, 4.69) is 4.90 Å². The number of nitrogens with zero attached hydrogens (tertiary/aromatic N) is 1. The highest BCUT2D eigenvalue weighted by atomic mass is 16.3. The maximum absolute atomic E-state index is 11.9. The fourth-order valence-corrected chi connectivity index (χ4v) is 2.73. The van der Waals surface area contributed by atoms with Crippen LogP contribution in [-0.2, 0) is 4.79 Å². The summed E-state index contributed by atoms with van der Waals surface area (Å²) in [7, 11) is 0. The first-order valence-corrected chi connectivity index (χ1v) is 6.22. The van der Waals surface area contributed by atoms with E-state index >= 15 is 0 Å². The van der Waals surface area contributed by atoms with Gasteiger partial charge in [-0.1, -0.05) is 12.8 Å². The van der Waals surface area contributed by atoms with Gasteiger partial charge in [0.25, 0.3) is 0 Å². The molecular weight excluding hydrogens is 190 g/mol. The van der Waals surface area contributed by atoms with Crippen LogP contribution in [0.15, 0.2) is 0 Å². The summed E-state index contributed by atoms with van der Waals surface area (Å²) in [6.07, 6.45) is 6.81. The molecule has 0 aromatic rings. The van der Waals surface area contributed by atoms with Gasteiger partial charge in [0.1, 0.15) is 5.78 Å². The molecule has 1 heterocycles. The second-order valence-corrected chi connectivity index (χ2v) is 4.85. The zero-order valence-corrected chi connectivity index (χ0v) is 9.32. The number of aliphatic hydroxyl groups excluding tert-OH is 1.